The molecule has 120 valence electrons. The second kappa shape index (κ2) is 8.20. The van der Waals surface area contributed by atoms with Crippen molar-refractivity contribution in [1.82, 2.24) is 9.88 Å². The molecule has 0 atom stereocenters. The lowest BCUT2D eigenvalue weighted by Crippen LogP contribution is -2.52. The Kier molecular flexibility index (Phi) is 6.92. The van der Waals surface area contributed by atoms with Crippen LogP contribution in [0.3, 0.4) is 0 Å². The normalized spacial score (nSPS) is 11.8. The summed E-state index contributed by atoms with van der Waals surface area (Å²) in [4.78, 5) is 6.86. The Morgan fingerprint density at radius 3 is 2.29 bits per heavy atom. The highest BCUT2D eigenvalue weighted by Crippen LogP contribution is 2.32. The van der Waals surface area contributed by atoms with Crippen molar-refractivity contribution in [2.45, 2.75) is 45.7 Å². The molecular formula is C16H29N3O2. The zero-order valence-electron chi connectivity index (χ0n) is 14.0. The molecule has 0 saturated heterocycles. The van der Waals surface area contributed by atoms with E-state index in [1.165, 1.54) is 0 Å². The molecule has 0 aromatic carbocycles. The summed E-state index contributed by atoms with van der Waals surface area (Å²) in [5, 5.41) is 0. The van der Waals surface area contributed by atoms with Gasteiger partial charge in [-0.1, -0.05) is 20.8 Å². The summed E-state index contributed by atoms with van der Waals surface area (Å²) < 4.78 is 10.8. The summed E-state index contributed by atoms with van der Waals surface area (Å²) >= 11 is 0. The first-order valence-electron chi connectivity index (χ1n) is 7.63. The van der Waals surface area contributed by atoms with Crippen LogP contribution in [0.2, 0.25) is 0 Å². The van der Waals surface area contributed by atoms with Crippen molar-refractivity contribution in [2.75, 3.05) is 27.3 Å². The maximum absolute atomic E-state index is 6.07. The van der Waals surface area contributed by atoms with E-state index in [1.54, 1.807) is 20.4 Å². The number of nitrogens with zero attached hydrogens (tertiary/aromatic N) is 2. The van der Waals surface area contributed by atoms with Crippen LogP contribution in [-0.4, -0.2) is 42.7 Å². The largest absolute Gasteiger partial charge is 0.493 e. The molecule has 0 bridgehead atoms. The van der Waals surface area contributed by atoms with Crippen molar-refractivity contribution in [3.05, 3.63) is 18.0 Å². The predicted octanol–water partition coefficient (Wildman–Crippen LogP) is 2.44. The number of hydrogen-bond donors (Lipinski definition) is 1. The molecule has 2 N–H and O–H groups in total. The molecule has 21 heavy (non-hydrogen) atoms. The number of rotatable bonds is 9. The third-order valence-corrected chi connectivity index (χ3v) is 4.46. The minimum Gasteiger partial charge on any atom is -0.493 e. The number of hydrogen-bond acceptors (Lipinski definition) is 5. The minimum absolute atomic E-state index is 0.00448. The number of methoxy groups -OCH3 is 2. The molecule has 1 rings (SSSR count). The molecule has 5 nitrogen and oxygen atoms in total. The molecule has 0 aliphatic carbocycles. The van der Waals surface area contributed by atoms with Gasteiger partial charge < -0.3 is 15.2 Å². The Morgan fingerprint density at radius 2 is 1.86 bits per heavy atom. The van der Waals surface area contributed by atoms with Gasteiger partial charge >= 0.3 is 0 Å². The molecule has 1 heterocycles. The monoisotopic (exact) mass is 295 g/mol. The molecule has 0 fully saturated rings. The first-order valence-corrected chi connectivity index (χ1v) is 7.63. The Hall–Kier alpha value is -1.33. The standard InChI is InChI=1S/C16H29N3O2/c1-6-16(7-2,12-17)19(8-3)11-13-15(21-5)14(20-4)9-10-18-13/h9-10H,6-8,11-12,17H2,1-5H3. The maximum atomic E-state index is 6.07. The van der Waals surface area contributed by atoms with Crippen LogP contribution in [0, 0.1) is 0 Å². The lowest BCUT2D eigenvalue weighted by atomic mass is 9.90. The minimum atomic E-state index is 0.00448. The summed E-state index contributed by atoms with van der Waals surface area (Å²) in [5.41, 5.74) is 6.96. The third kappa shape index (κ3) is 3.66. The number of likely N-dealkylation sites (N-methyl/N-ethyl adjacent to an activating group) is 1. The Bertz CT molecular complexity index is 425. The summed E-state index contributed by atoms with van der Waals surface area (Å²) in [5.74, 6) is 1.42. The van der Waals surface area contributed by atoms with Gasteiger partial charge in [0, 0.05) is 30.9 Å². The fraction of sp³-hybridized carbons (Fsp3) is 0.688. The predicted molar refractivity (Wildman–Crippen MR) is 85.8 cm³/mol. The Labute approximate surface area is 128 Å². The van der Waals surface area contributed by atoms with Crippen LogP contribution in [0.4, 0.5) is 0 Å². The molecule has 0 radical (unpaired) electrons. The lowest BCUT2D eigenvalue weighted by molar-refractivity contribution is 0.0804. The van der Waals surface area contributed by atoms with Crippen LogP contribution in [0.1, 0.15) is 39.3 Å². The van der Waals surface area contributed by atoms with Crippen molar-refractivity contribution in [1.29, 1.82) is 0 Å². The smallest absolute Gasteiger partial charge is 0.183 e. The van der Waals surface area contributed by atoms with Crippen molar-refractivity contribution < 1.29 is 9.47 Å². The van der Waals surface area contributed by atoms with E-state index in [2.05, 4.69) is 30.7 Å². The number of ether oxygens (including phenoxy) is 2. The van der Waals surface area contributed by atoms with Gasteiger partial charge in [0.1, 0.15) is 5.69 Å². The number of aromatic nitrogens is 1. The van der Waals surface area contributed by atoms with Gasteiger partial charge in [-0.3, -0.25) is 9.88 Å². The highest BCUT2D eigenvalue weighted by molar-refractivity contribution is 5.42. The first kappa shape index (κ1) is 17.7. The second-order valence-electron chi connectivity index (χ2n) is 5.14. The molecular weight excluding hydrogens is 266 g/mol. The molecule has 0 amide bonds. The van der Waals surface area contributed by atoms with Crippen molar-refractivity contribution in [2.24, 2.45) is 5.73 Å². The molecule has 0 saturated carbocycles. The molecule has 0 unspecified atom stereocenters. The van der Waals surface area contributed by atoms with Crippen LogP contribution < -0.4 is 15.2 Å². The number of pyridine rings is 1. The average molecular weight is 295 g/mol. The quantitative estimate of drug-likeness (QED) is 0.758. The fourth-order valence-corrected chi connectivity index (χ4v) is 2.87. The van der Waals surface area contributed by atoms with Crippen LogP contribution in [0.25, 0.3) is 0 Å². The third-order valence-electron chi connectivity index (χ3n) is 4.46. The van der Waals surface area contributed by atoms with E-state index in [-0.39, 0.29) is 5.54 Å². The highest BCUT2D eigenvalue weighted by atomic mass is 16.5. The van der Waals surface area contributed by atoms with E-state index in [9.17, 15) is 0 Å². The van der Waals surface area contributed by atoms with Crippen molar-refractivity contribution in [3.63, 3.8) is 0 Å². The summed E-state index contributed by atoms with van der Waals surface area (Å²) in [6.07, 6.45) is 3.78. The van der Waals surface area contributed by atoms with Crippen LogP contribution in [0.5, 0.6) is 11.5 Å². The SMILES string of the molecule is CCN(Cc1nccc(OC)c1OC)C(CC)(CC)CN. The van der Waals surface area contributed by atoms with Crippen LogP contribution in [-0.2, 0) is 6.54 Å². The zero-order valence-corrected chi connectivity index (χ0v) is 14.0. The van der Waals surface area contributed by atoms with E-state index < -0.39 is 0 Å². The summed E-state index contributed by atoms with van der Waals surface area (Å²) in [6.45, 7) is 8.80. The Balaban J connectivity index is 3.12. The van der Waals surface area contributed by atoms with Gasteiger partial charge in [-0.05, 0) is 19.4 Å². The van der Waals surface area contributed by atoms with Gasteiger partial charge in [0.05, 0.1) is 14.2 Å². The molecule has 1 aromatic heterocycles. The van der Waals surface area contributed by atoms with E-state index in [0.717, 1.165) is 25.1 Å². The highest BCUT2D eigenvalue weighted by Gasteiger charge is 2.32. The van der Waals surface area contributed by atoms with Gasteiger partial charge in [-0.15, -0.1) is 0 Å². The van der Waals surface area contributed by atoms with E-state index >= 15 is 0 Å². The van der Waals surface area contributed by atoms with Gasteiger partial charge in [-0.25, -0.2) is 0 Å². The van der Waals surface area contributed by atoms with Gasteiger partial charge in [0.15, 0.2) is 11.5 Å². The van der Waals surface area contributed by atoms with Gasteiger partial charge in [0.2, 0.25) is 0 Å². The molecule has 0 aliphatic heterocycles. The van der Waals surface area contributed by atoms with Crippen molar-refractivity contribution in [3.8, 4) is 11.5 Å². The van der Waals surface area contributed by atoms with Gasteiger partial charge in [-0.2, -0.15) is 0 Å². The average Bonchev–Trinajstić information content (AvgIpc) is 2.55. The molecule has 1 aromatic rings. The summed E-state index contributed by atoms with van der Waals surface area (Å²) in [7, 11) is 3.29. The second-order valence-corrected chi connectivity index (χ2v) is 5.14. The molecule has 5 heteroatoms. The number of nitrogens with two attached hydrogens (primary N) is 1. The lowest BCUT2D eigenvalue weighted by Gasteiger charge is -2.42. The van der Waals surface area contributed by atoms with Crippen LogP contribution >= 0.6 is 0 Å². The van der Waals surface area contributed by atoms with E-state index in [0.29, 0.717) is 24.6 Å². The fourth-order valence-electron chi connectivity index (χ4n) is 2.87. The van der Waals surface area contributed by atoms with E-state index in [1.807, 2.05) is 6.07 Å². The first-order chi connectivity index (χ1) is 10.1. The van der Waals surface area contributed by atoms with Crippen LogP contribution in [0.15, 0.2) is 12.3 Å². The maximum Gasteiger partial charge on any atom is 0.183 e. The molecule has 0 aliphatic rings. The zero-order chi connectivity index (χ0) is 15.9. The van der Waals surface area contributed by atoms with Gasteiger partial charge in [0.25, 0.3) is 0 Å². The molecule has 0 spiro atoms. The van der Waals surface area contributed by atoms with E-state index in [4.69, 9.17) is 15.2 Å². The summed E-state index contributed by atoms with van der Waals surface area (Å²) in [6, 6.07) is 1.81. The Morgan fingerprint density at radius 1 is 1.19 bits per heavy atom. The van der Waals surface area contributed by atoms with Crippen molar-refractivity contribution >= 4 is 0 Å². The topological polar surface area (TPSA) is 60.6 Å².